The fraction of sp³-hybridized carbons (Fsp3) is 0.929. The highest BCUT2D eigenvalue weighted by molar-refractivity contribution is 5.71. The maximum Gasteiger partial charge on any atom is 0.242 e. The van der Waals surface area contributed by atoms with Crippen molar-refractivity contribution in [3.63, 3.8) is 0 Å². The van der Waals surface area contributed by atoms with Crippen LogP contribution in [-0.2, 0) is 4.79 Å². The highest BCUT2D eigenvalue weighted by Gasteiger charge is 2.02. The van der Waals surface area contributed by atoms with Gasteiger partial charge >= 0.3 is 0 Å². The van der Waals surface area contributed by atoms with Crippen molar-refractivity contribution in [2.24, 2.45) is 0 Å². The lowest BCUT2D eigenvalue weighted by molar-refractivity contribution is -0.162. The van der Waals surface area contributed by atoms with Gasteiger partial charge in [-0.25, -0.2) is 5.06 Å². The number of unbranched alkanes of at least 4 members (excludes halogenated alkanes) is 9. The van der Waals surface area contributed by atoms with Crippen molar-refractivity contribution in [1.29, 1.82) is 0 Å². The molecule has 0 aliphatic rings. The number of nitrogens with zero attached hydrogens (tertiary/aromatic N) is 1. The molecule has 0 bridgehead atoms. The highest BCUT2D eigenvalue weighted by Crippen LogP contribution is 2.10. The second-order valence-electron chi connectivity index (χ2n) is 4.82. The molecule has 0 heterocycles. The molecule has 0 aromatic rings. The van der Waals surface area contributed by atoms with Crippen LogP contribution in [0.3, 0.4) is 0 Å². The quantitative estimate of drug-likeness (QED) is 0.336. The summed E-state index contributed by atoms with van der Waals surface area (Å²) in [5.41, 5.74) is 0. The maximum absolute atomic E-state index is 10.7. The van der Waals surface area contributed by atoms with Crippen LogP contribution in [0.15, 0.2) is 0 Å². The lowest BCUT2D eigenvalue weighted by Gasteiger charge is -2.11. The van der Waals surface area contributed by atoms with E-state index in [1.54, 1.807) is 0 Å². The zero-order valence-electron chi connectivity index (χ0n) is 11.6. The van der Waals surface area contributed by atoms with E-state index in [4.69, 9.17) is 5.21 Å². The summed E-state index contributed by atoms with van der Waals surface area (Å²) in [5.74, 6) is -0.263. The van der Waals surface area contributed by atoms with Crippen LogP contribution in [0.5, 0.6) is 0 Å². The summed E-state index contributed by atoms with van der Waals surface area (Å²) in [4.78, 5) is 10.7. The summed E-state index contributed by atoms with van der Waals surface area (Å²) in [7, 11) is 0. The highest BCUT2D eigenvalue weighted by atomic mass is 16.5. The van der Waals surface area contributed by atoms with Crippen LogP contribution in [0.4, 0.5) is 0 Å². The number of carbonyl (C=O) groups excluding carboxylic acids is 1. The Balaban J connectivity index is 3.06. The molecule has 0 unspecified atom stereocenters. The standard InChI is InChI=1S/C14H29NO2/c1-3-4-5-6-7-8-9-10-11-12-13-15(17)14(2)16/h17H,3-13H2,1-2H3. The third-order valence-corrected chi connectivity index (χ3v) is 3.09. The minimum atomic E-state index is -0.263. The van der Waals surface area contributed by atoms with Gasteiger partial charge in [0, 0.05) is 13.5 Å². The molecule has 3 nitrogen and oxygen atoms in total. The normalized spacial score (nSPS) is 10.5. The lowest BCUT2D eigenvalue weighted by Crippen LogP contribution is -2.25. The molecule has 3 heteroatoms. The van der Waals surface area contributed by atoms with Gasteiger partial charge in [-0.1, -0.05) is 64.7 Å². The molecule has 0 aromatic carbocycles. The average Bonchev–Trinajstić information content (AvgIpc) is 2.31. The molecule has 0 aromatic heterocycles. The van der Waals surface area contributed by atoms with E-state index in [1.165, 1.54) is 58.3 Å². The van der Waals surface area contributed by atoms with Crippen LogP contribution in [0.2, 0.25) is 0 Å². The Bertz CT molecular complexity index is 183. The van der Waals surface area contributed by atoms with Crippen LogP contribution in [-0.4, -0.2) is 22.7 Å². The van der Waals surface area contributed by atoms with E-state index in [1.807, 2.05) is 0 Å². The molecule has 0 aliphatic carbocycles. The van der Waals surface area contributed by atoms with Crippen molar-refractivity contribution in [1.82, 2.24) is 5.06 Å². The predicted molar refractivity (Wildman–Crippen MR) is 71.0 cm³/mol. The Hall–Kier alpha value is -0.570. The topological polar surface area (TPSA) is 40.5 Å². The first-order valence-corrected chi connectivity index (χ1v) is 7.15. The molecule has 0 saturated carbocycles. The first-order chi connectivity index (χ1) is 8.18. The molecule has 17 heavy (non-hydrogen) atoms. The number of hydroxylamine groups is 2. The first kappa shape index (κ1) is 16.4. The number of hydrogen-bond donors (Lipinski definition) is 1. The number of amides is 1. The van der Waals surface area contributed by atoms with Crippen molar-refractivity contribution in [2.75, 3.05) is 6.54 Å². The van der Waals surface area contributed by atoms with Crippen molar-refractivity contribution < 1.29 is 10.0 Å². The molecule has 0 spiro atoms. The smallest absolute Gasteiger partial charge is 0.242 e. The summed E-state index contributed by atoms with van der Waals surface area (Å²) in [6.07, 6.45) is 12.7. The second-order valence-corrected chi connectivity index (χ2v) is 4.82. The van der Waals surface area contributed by atoms with Crippen molar-refractivity contribution in [2.45, 2.75) is 78.1 Å². The van der Waals surface area contributed by atoms with Crippen LogP contribution in [0, 0.1) is 0 Å². The van der Waals surface area contributed by atoms with Gasteiger partial charge in [-0.2, -0.15) is 0 Å². The minimum Gasteiger partial charge on any atom is -0.286 e. The monoisotopic (exact) mass is 243 g/mol. The maximum atomic E-state index is 10.7. The van der Waals surface area contributed by atoms with Crippen LogP contribution >= 0.6 is 0 Å². The van der Waals surface area contributed by atoms with Crippen molar-refractivity contribution in [3.8, 4) is 0 Å². The Labute approximate surface area is 106 Å². The molecular weight excluding hydrogens is 214 g/mol. The molecule has 1 amide bonds. The lowest BCUT2D eigenvalue weighted by atomic mass is 10.1. The third-order valence-electron chi connectivity index (χ3n) is 3.09. The summed E-state index contributed by atoms with van der Waals surface area (Å²) in [6.45, 7) is 4.10. The number of carbonyl (C=O) groups is 1. The molecular formula is C14H29NO2. The summed E-state index contributed by atoms with van der Waals surface area (Å²) >= 11 is 0. The Morgan fingerprint density at radius 1 is 0.882 bits per heavy atom. The third kappa shape index (κ3) is 11.7. The van der Waals surface area contributed by atoms with Gasteiger partial charge < -0.3 is 0 Å². The Kier molecular flexibility index (Phi) is 11.5. The molecule has 102 valence electrons. The number of rotatable bonds is 11. The Morgan fingerprint density at radius 3 is 1.71 bits per heavy atom. The SMILES string of the molecule is CCCCCCCCCCCCN(O)C(C)=O. The molecule has 0 aliphatic heterocycles. The molecule has 1 N–H and O–H groups in total. The van der Waals surface area contributed by atoms with Crippen LogP contribution < -0.4 is 0 Å². The van der Waals surface area contributed by atoms with Gasteiger partial charge in [0.1, 0.15) is 0 Å². The Morgan fingerprint density at radius 2 is 1.29 bits per heavy atom. The molecule has 0 rings (SSSR count). The number of hydrogen-bond acceptors (Lipinski definition) is 2. The van der Waals surface area contributed by atoms with E-state index >= 15 is 0 Å². The van der Waals surface area contributed by atoms with Gasteiger partial charge in [-0.05, 0) is 6.42 Å². The zero-order valence-corrected chi connectivity index (χ0v) is 11.6. The van der Waals surface area contributed by atoms with Crippen LogP contribution in [0.1, 0.15) is 78.1 Å². The van der Waals surface area contributed by atoms with E-state index in [0.29, 0.717) is 6.54 Å². The van der Waals surface area contributed by atoms with E-state index in [2.05, 4.69) is 6.92 Å². The molecule has 0 fully saturated rings. The fourth-order valence-corrected chi connectivity index (χ4v) is 1.91. The second kappa shape index (κ2) is 11.9. The van der Waals surface area contributed by atoms with Gasteiger partial charge in [0.05, 0.1) is 0 Å². The van der Waals surface area contributed by atoms with Gasteiger partial charge in [-0.15, -0.1) is 0 Å². The fourth-order valence-electron chi connectivity index (χ4n) is 1.91. The van der Waals surface area contributed by atoms with Crippen molar-refractivity contribution in [3.05, 3.63) is 0 Å². The first-order valence-electron chi connectivity index (χ1n) is 7.15. The summed E-state index contributed by atoms with van der Waals surface area (Å²) in [6, 6.07) is 0. The van der Waals surface area contributed by atoms with E-state index in [9.17, 15) is 4.79 Å². The predicted octanol–water partition coefficient (Wildman–Crippen LogP) is 4.15. The molecule has 0 saturated heterocycles. The minimum absolute atomic E-state index is 0.263. The molecule has 0 radical (unpaired) electrons. The van der Waals surface area contributed by atoms with Gasteiger partial charge in [-0.3, -0.25) is 10.0 Å². The van der Waals surface area contributed by atoms with Crippen LogP contribution in [0.25, 0.3) is 0 Å². The van der Waals surface area contributed by atoms with Gasteiger partial charge in [0.2, 0.25) is 5.91 Å². The molecule has 0 atom stereocenters. The summed E-state index contributed by atoms with van der Waals surface area (Å²) in [5, 5.41) is 9.94. The van der Waals surface area contributed by atoms with Crippen molar-refractivity contribution >= 4 is 5.91 Å². The van der Waals surface area contributed by atoms with E-state index < -0.39 is 0 Å². The van der Waals surface area contributed by atoms with E-state index in [0.717, 1.165) is 17.9 Å². The average molecular weight is 243 g/mol. The largest absolute Gasteiger partial charge is 0.286 e. The zero-order chi connectivity index (χ0) is 12.9. The van der Waals surface area contributed by atoms with Gasteiger partial charge in [0.15, 0.2) is 0 Å². The van der Waals surface area contributed by atoms with E-state index in [-0.39, 0.29) is 5.91 Å². The summed E-state index contributed by atoms with van der Waals surface area (Å²) < 4.78 is 0. The van der Waals surface area contributed by atoms with Gasteiger partial charge in [0.25, 0.3) is 0 Å².